The minimum atomic E-state index is -4.44. The normalized spacial score (nSPS) is 17.5. The van der Waals surface area contributed by atoms with Crippen molar-refractivity contribution in [2.45, 2.75) is 19.1 Å². The smallest absolute Gasteiger partial charge is 0.416 e. The maximum atomic E-state index is 12.9. The zero-order valence-electron chi connectivity index (χ0n) is 12.8. The number of fused-ring (bicyclic) bond motifs is 1. The number of carboxylic acids is 1. The fourth-order valence-electron chi connectivity index (χ4n) is 3.05. The van der Waals surface area contributed by atoms with Crippen LogP contribution in [0.1, 0.15) is 16.7 Å². The number of halogens is 3. The van der Waals surface area contributed by atoms with E-state index in [2.05, 4.69) is 0 Å². The van der Waals surface area contributed by atoms with Gasteiger partial charge in [-0.15, -0.1) is 0 Å². The largest absolute Gasteiger partial charge is 0.481 e. The Morgan fingerprint density at radius 1 is 1.17 bits per heavy atom. The average molecular weight is 335 g/mol. The van der Waals surface area contributed by atoms with Crippen molar-refractivity contribution in [3.8, 4) is 0 Å². The third-order valence-electron chi connectivity index (χ3n) is 4.22. The van der Waals surface area contributed by atoms with E-state index in [4.69, 9.17) is 0 Å². The van der Waals surface area contributed by atoms with Gasteiger partial charge in [-0.2, -0.15) is 13.2 Å². The first-order chi connectivity index (χ1) is 11.3. The Balaban J connectivity index is 1.97. The number of carboxylic acid groups (broad SMARTS) is 1. The van der Waals surface area contributed by atoms with Crippen LogP contribution in [0, 0.1) is 5.92 Å². The van der Waals surface area contributed by atoms with Crippen LogP contribution in [0.3, 0.4) is 0 Å². The zero-order chi connectivity index (χ0) is 17.3. The summed E-state index contributed by atoms with van der Waals surface area (Å²) in [5, 5.41) is 9.33. The number of hydrogen-bond donors (Lipinski definition) is 1. The van der Waals surface area contributed by atoms with E-state index >= 15 is 0 Å². The van der Waals surface area contributed by atoms with Crippen LogP contribution in [-0.2, 0) is 23.9 Å². The fraction of sp³-hybridized carbons (Fsp3) is 0.278. The summed E-state index contributed by atoms with van der Waals surface area (Å²) >= 11 is 0. The standard InChI is InChI=1S/C18H16F3NO2/c19-18(20,21)15-6-7-16-13(9-15)8-14(17(23)24)11-22(16)10-12-4-2-1-3-5-12/h1-7,9,14H,8,10-11H2,(H,23,24). The molecule has 0 amide bonds. The summed E-state index contributed by atoms with van der Waals surface area (Å²) in [5.74, 6) is -1.71. The number of alkyl halides is 3. The van der Waals surface area contributed by atoms with Gasteiger partial charge in [0.1, 0.15) is 0 Å². The number of hydrogen-bond acceptors (Lipinski definition) is 2. The van der Waals surface area contributed by atoms with Crippen LogP contribution in [0.25, 0.3) is 0 Å². The van der Waals surface area contributed by atoms with Gasteiger partial charge in [0.2, 0.25) is 0 Å². The molecule has 3 rings (SSSR count). The van der Waals surface area contributed by atoms with Crippen LogP contribution < -0.4 is 4.90 Å². The number of aliphatic carboxylic acids is 1. The highest BCUT2D eigenvalue weighted by molar-refractivity contribution is 5.74. The van der Waals surface area contributed by atoms with Crippen molar-refractivity contribution in [3.63, 3.8) is 0 Å². The van der Waals surface area contributed by atoms with Crippen LogP contribution in [-0.4, -0.2) is 17.6 Å². The number of carbonyl (C=O) groups is 1. The van der Waals surface area contributed by atoms with Crippen LogP contribution in [0.5, 0.6) is 0 Å². The van der Waals surface area contributed by atoms with E-state index in [1.54, 1.807) is 0 Å². The lowest BCUT2D eigenvalue weighted by molar-refractivity contribution is -0.141. The third kappa shape index (κ3) is 3.37. The molecule has 1 aliphatic heterocycles. The minimum Gasteiger partial charge on any atom is -0.481 e. The quantitative estimate of drug-likeness (QED) is 0.923. The Hall–Kier alpha value is -2.50. The van der Waals surface area contributed by atoms with Gasteiger partial charge in [-0.3, -0.25) is 4.79 Å². The van der Waals surface area contributed by atoms with Gasteiger partial charge >= 0.3 is 12.1 Å². The maximum Gasteiger partial charge on any atom is 0.416 e. The SMILES string of the molecule is O=C(O)C1Cc2cc(C(F)(F)F)ccc2N(Cc2ccccc2)C1. The highest BCUT2D eigenvalue weighted by atomic mass is 19.4. The maximum absolute atomic E-state index is 12.9. The first kappa shape index (κ1) is 16.4. The first-order valence-corrected chi connectivity index (χ1v) is 7.56. The summed E-state index contributed by atoms with van der Waals surface area (Å²) in [7, 11) is 0. The predicted molar refractivity (Wildman–Crippen MR) is 83.8 cm³/mol. The zero-order valence-corrected chi connectivity index (χ0v) is 12.8. The van der Waals surface area contributed by atoms with E-state index in [1.165, 1.54) is 6.07 Å². The van der Waals surface area contributed by atoms with Gasteiger partial charge in [0, 0.05) is 18.8 Å². The van der Waals surface area contributed by atoms with Gasteiger partial charge in [-0.05, 0) is 35.7 Å². The summed E-state index contributed by atoms with van der Waals surface area (Å²) in [4.78, 5) is 13.2. The lowest BCUT2D eigenvalue weighted by Gasteiger charge is -2.35. The molecule has 0 bridgehead atoms. The second-order valence-electron chi connectivity index (χ2n) is 5.95. The molecule has 0 fully saturated rings. The molecule has 0 saturated carbocycles. The molecule has 0 aromatic heterocycles. The van der Waals surface area contributed by atoms with Gasteiger partial charge in [-0.25, -0.2) is 0 Å². The molecular formula is C18H16F3NO2. The van der Waals surface area contributed by atoms with E-state index in [9.17, 15) is 23.1 Å². The highest BCUT2D eigenvalue weighted by Gasteiger charge is 2.34. The Morgan fingerprint density at radius 3 is 2.50 bits per heavy atom. The van der Waals surface area contributed by atoms with E-state index < -0.39 is 23.6 Å². The van der Waals surface area contributed by atoms with Crippen LogP contribution >= 0.6 is 0 Å². The van der Waals surface area contributed by atoms with Crippen molar-refractivity contribution in [1.82, 2.24) is 0 Å². The Bertz CT molecular complexity index is 744. The van der Waals surface area contributed by atoms with Gasteiger partial charge in [-0.1, -0.05) is 30.3 Å². The molecule has 3 nitrogen and oxygen atoms in total. The summed E-state index contributed by atoms with van der Waals surface area (Å²) < 4.78 is 38.8. The monoisotopic (exact) mass is 335 g/mol. The van der Waals surface area contributed by atoms with E-state index in [1.807, 2.05) is 35.2 Å². The molecule has 6 heteroatoms. The van der Waals surface area contributed by atoms with Crippen molar-refractivity contribution in [1.29, 1.82) is 0 Å². The summed E-state index contributed by atoms with van der Waals surface area (Å²) in [6.45, 7) is 0.742. The second kappa shape index (κ2) is 6.19. The van der Waals surface area contributed by atoms with Crippen molar-refractivity contribution in [2.75, 3.05) is 11.4 Å². The molecule has 0 aliphatic carbocycles. The van der Waals surface area contributed by atoms with E-state index in [-0.39, 0.29) is 13.0 Å². The molecule has 2 aromatic carbocycles. The average Bonchev–Trinajstić information content (AvgIpc) is 2.54. The lowest BCUT2D eigenvalue weighted by Crippen LogP contribution is -2.38. The summed E-state index contributed by atoms with van der Waals surface area (Å²) in [6, 6.07) is 13.0. The van der Waals surface area contributed by atoms with Crippen LogP contribution in [0.2, 0.25) is 0 Å². The van der Waals surface area contributed by atoms with Gasteiger partial charge in [0.25, 0.3) is 0 Å². The van der Waals surface area contributed by atoms with Crippen LogP contribution in [0.15, 0.2) is 48.5 Å². The van der Waals surface area contributed by atoms with Crippen molar-refractivity contribution in [2.24, 2.45) is 5.92 Å². The molecule has 24 heavy (non-hydrogen) atoms. The van der Waals surface area contributed by atoms with Gasteiger partial charge in [0.15, 0.2) is 0 Å². The Morgan fingerprint density at radius 2 is 1.88 bits per heavy atom. The second-order valence-corrected chi connectivity index (χ2v) is 5.95. The lowest BCUT2D eigenvalue weighted by atomic mass is 9.91. The minimum absolute atomic E-state index is 0.111. The molecule has 1 aliphatic rings. The Labute approximate surface area is 137 Å². The van der Waals surface area contributed by atoms with Gasteiger partial charge in [0.05, 0.1) is 11.5 Å². The Kier molecular flexibility index (Phi) is 4.22. The molecule has 1 atom stereocenters. The van der Waals surface area contributed by atoms with Crippen molar-refractivity contribution >= 4 is 11.7 Å². The predicted octanol–water partition coefficient (Wildman–Crippen LogP) is 3.97. The van der Waals surface area contributed by atoms with E-state index in [0.717, 1.165) is 17.7 Å². The summed E-state index contributed by atoms with van der Waals surface area (Å²) in [5.41, 5.74) is 1.34. The third-order valence-corrected chi connectivity index (χ3v) is 4.22. The molecular weight excluding hydrogens is 319 g/mol. The number of benzene rings is 2. The highest BCUT2D eigenvalue weighted by Crippen LogP contribution is 2.36. The van der Waals surface area contributed by atoms with Gasteiger partial charge < -0.3 is 10.0 Å². The first-order valence-electron chi connectivity index (χ1n) is 7.56. The molecule has 1 heterocycles. The molecule has 1 unspecified atom stereocenters. The number of nitrogens with zero attached hydrogens (tertiary/aromatic N) is 1. The molecule has 1 N–H and O–H groups in total. The molecule has 0 spiro atoms. The van der Waals surface area contributed by atoms with Crippen LogP contribution in [0.4, 0.5) is 18.9 Å². The molecule has 0 saturated heterocycles. The van der Waals surface area contributed by atoms with E-state index in [0.29, 0.717) is 17.8 Å². The molecule has 0 radical (unpaired) electrons. The fourth-order valence-corrected chi connectivity index (χ4v) is 3.05. The summed E-state index contributed by atoms with van der Waals surface area (Å²) in [6.07, 6.45) is -4.32. The van der Waals surface area contributed by atoms with Crippen molar-refractivity contribution < 1.29 is 23.1 Å². The molecule has 2 aromatic rings. The van der Waals surface area contributed by atoms with Crippen molar-refractivity contribution in [3.05, 3.63) is 65.2 Å². The number of rotatable bonds is 3. The number of anilines is 1. The topological polar surface area (TPSA) is 40.5 Å². The molecule has 126 valence electrons.